The van der Waals surface area contributed by atoms with Crippen LogP contribution in [0.1, 0.15) is 25.8 Å². The number of alkyl halides is 1. The Morgan fingerprint density at radius 1 is 1.27 bits per heavy atom. The van der Waals surface area contributed by atoms with E-state index < -0.39 is 0 Å². The van der Waals surface area contributed by atoms with Crippen LogP contribution in [0.15, 0.2) is 18.2 Å². The Morgan fingerprint density at radius 3 is 2.47 bits per heavy atom. The second-order valence-electron chi connectivity index (χ2n) is 3.76. The standard InChI is InChI=1S/C12H15Cl3/c1-3-9(8(2)13)7-10-5-4-6-11(14)12(10)15/h4-6,8-9H,3,7H2,1-2H3. The highest BCUT2D eigenvalue weighted by Crippen LogP contribution is 2.29. The van der Waals surface area contributed by atoms with E-state index in [2.05, 4.69) is 6.92 Å². The van der Waals surface area contributed by atoms with E-state index in [0.29, 0.717) is 16.0 Å². The molecule has 1 rings (SSSR count). The number of rotatable bonds is 4. The van der Waals surface area contributed by atoms with Gasteiger partial charge in [-0.3, -0.25) is 0 Å². The van der Waals surface area contributed by atoms with Crippen LogP contribution in [0, 0.1) is 5.92 Å². The van der Waals surface area contributed by atoms with Gasteiger partial charge in [-0.25, -0.2) is 0 Å². The summed E-state index contributed by atoms with van der Waals surface area (Å²) < 4.78 is 0. The molecule has 15 heavy (non-hydrogen) atoms. The minimum Gasteiger partial charge on any atom is -0.123 e. The van der Waals surface area contributed by atoms with Crippen molar-refractivity contribution in [2.24, 2.45) is 5.92 Å². The predicted octanol–water partition coefficient (Wildman–Crippen LogP) is 5.19. The lowest BCUT2D eigenvalue weighted by molar-refractivity contribution is 0.497. The molecule has 0 aromatic heterocycles. The number of hydrogen-bond acceptors (Lipinski definition) is 0. The Hall–Kier alpha value is 0.0900. The maximum atomic E-state index is 6.12. The minimum absolute atomic E-state index is 0.157. The fourth-order valence-electron chi connectivity index (χ4n) is 1.62. The zero-order chi connectivity index (χ0) is 11.4. The maximum absolute atomic E-state index is 6.12. The van der Waals surface area contributed by atoms with Gasteiger partial charge in [-0.1, -0.05) is 48.7 Å². The number of benzene rings is 1. The molecule has 0 fully saturated rings. The normalized spacial score (nSPS) is 15.0. The van der Waals surface area contributed by atoms with Gasteiger partial charge in [-0.15, -0.1) is 11.6 Å². The lowest BCUT2D eigenvalue weighted by atomic mass is 9.94. The molecule has 1 aromatic rings. The summed E-state index contributed by atoms with van der Waals surface area (Å²) >= 11 is 18.2. The summed E-state index contributed by atoms with van der Waals surface area (Å²) in [5, 5.41) is 1.44. The first-order valence-corrected chi connectivity index (χ1v) is 6.32. The second kappa shape index (κ2) is 5.98. The van der Waals surface area contributed by atoms with E-state index in [-0.39, 0.29) is 5.38 Å². The zero-order valence-electron chi connectivity index (χ0n) is 8.93. The van der Waals surface area contributed by atoms with Crippen molar-refractivity contribution in [1.82, 2.24) is 0 Å². The van der Waals surface area contributed by atoms with Gasteiger partial charge in [0, 0.05) is 5.38 Å². The number of hydrogen-bond donors (Lipinski definition) is 0. The van der Waals surface area contributed by atoms with Gasteiger partial charge >= 0.3 is 0 Å². The molecule has 0 amide bonds. The minimum atomic E-state index is 0.157. The fraction of sp³-hybridized carbons (Fsp3) is 0.500. The molecule has 0 bridgehead atoms. The van der Waals surface area contributed by atoms with Crippen LogP contribution in [0.25, 0.3) is 0 Å². The maximum Gasteiger partial charge on any atom is 0.0624 e. The van der Waals surface area contributed by atoms with Crippen LogP contribution in [0.2, 0.25) is 10.0 Å². The molecule has 2 atom stereocenters. The van der Waals surface area contributed by atoms with E-state index in [1.165, 1.54) is 0 Å². The first-order valence-electron chi connectivity index (χ1n) is 5.13. The second-order valence-corrected chi connectivity index (χ2v) is 5.24. The molecule has 0 radical (unpaired) electrons. The third-order valence-corrected chi connectivity index (χ3v) is 3.90. The van der Waals surface area contributed by atoms with E-state index >= 15 is 0 Å². The van der Waals surface area contributed by atoms with Crippen LogP contribution < -0.4 is 0 Å². The van der Waals surface area contributed by atoms with E-state index in [1.54, 1.807) is 6.07 Å². The predicted molar refractivity (Wildman–Crippen MR) is 69.3 cm³/mol. The van der Waals surface area contributed by atoms with Gasteiger partial charge in [0.25, 0.3) is 0 Å². The summed E-state index contributed by atoms with van der Waals surface area (Å²) in [7, 11) is 0. The average Bonchev–Trinajstić information content (AvgIpc) is 2.19. The van der Waals surface area contributed by atoms with Gasteiger partial charge in [0.1, 0.15) is 0 Å². The summed E-state index contributed by atoms with van der Waals surface area (Å²) in [6.07, 6.45) is 1.94. The molecular formula is C12H15Cl3. The highest BCUT2D eigenvalue weighted by molar-refractivity contribution is 6.42. The van der Waals surface area contributed by atoms with Crippen LogP contribution in [-0.2, 0) is 6.42 Å². The molecule has 0 aliphatic rings. The monoisotopic (exact) mass is 264 g/mol. The molecular weight excluding hydrogens is 250 g/mol. The van der Waals surface area contributed by atoms with E-state index in [0.717, 1.165) is 18.4 Å². The average molecular weight is 266 g/mol. The Balaban J connectivity index is 2.84. The molecule has 0 N–H and O–H groups in total. The van der Waals surface area contributed by atoms with E-state index in [4.69, 9.17) is 34.8 Å². The summed E-state index contributed by atoms with van der Waals surface area (Å²) in [6, 6.07) is 5.74. The molecule has 0 nitrogen and oxygen atoms in total. The van der Waals surface area contributed by atoms with Gasteiger partial charge in [-0.2, -0.15) is 0 Å². The Morgan fingerprint density at radius 2 is 1.93 bits per heavy atom. The highest BCUT2D eigenvalue weighted by Gasteiger charge is 2.15. The van der Waals surface area contributed by atoms with Crippen molar-refractivity contribution < 1.29 is 0 Å². The highest BCUT2D eigenvalue weighted by atomic mass is 35.5. The van der Waals surface area contributed by atoms with Crippen molar-refractivity contribution in [1.29, 1.82) is 0 Å². The number of halogens is 3. The molecule has 1 aromatic carbocycles. The summed E-state index contributed by atoms with van der Waals surface area (Å²) in [6.45, 7) is 4.16. The van der Waals surface area contributed by atoms with E-state index in [9.17, 15) is 0 Å². The van der Waals surface area contributed by atoms with Crippen molar-refractivity contribution in [3.8, 4) is 0 Å². The smallest absolute Gasteiger partial charge is 0.0624 e. The van der Waals surface area contributed by atoms with Crippen molar-refractivity contribution in [3.63, 3.8) is 0 Å². The quantitative estimate of drug-likeness (QED) is 0.657. The third-order valence-electron chi connectivity index (χ3n) is 2.69. The van der Waals surface area contributed by atoms with Crippen molar-refractivity contribution >= 4 is 34.8 Å². The van der Waals surface area contributed by atoms with Gasteiger partial charge < -0.3 is 0 Å². The molecule has 0 aliphatic carbocycles. The lowest BCUT2D eigenvalue weighted by Crippen LogP contribution is -2.13. The SMILES string of the molecule is CCC(Cc1cccc(Cl)c1Cl)C(C)Cl. The molecule has 2 unspecified atom stereocenters. The van der Waals surface area contributed by atoms with Crippen LogP contribution in [-0.4, -0.2) is 5.38 Å². The van der Waals surface area contributed by atoms with Crippen LogP contribution >= 0.6 is 34.8 Å². The van der Waals surface area contributed by atoms with Crippen molar-refractivity contribution in [2.45, 2.75) is 32.1 Å². The van der Waals surface area contributed by atoms with Gasteiger partial charge in [-0.05, 0) is 30.9 Å². The third kappa shape index (κ3) is 3.55. The van der Waals surface area contributed by atoms with Crippen LogP contribution in [0.4, 0.5) is 0 Å². The summed E-state index contributed by atoms with van der Waals surface area (Å²) in [4.78, 5) is 0. The van der Waals surface area contributed by atoms with Crippen molar-refractivity contribution in [3.05, 3.63) is 33.8 Å². The van der Waals surface area contributed by atoms with Crippen molar-refractivity contribution in [2.75, 3.05) is 0 Å². The lowest BCUT2D eigenvalue weighted by Gasteiger charge is -2.18. The van der Waals surface area contributed by atoms with Crippen LogP contribution in [0.3, 0.4) is 0 Å². The molecule has 3 heteroatoms. The summed E-state index contributed by atoms with van der Waals surface area (Å²) in [5.74, 6) is 0.447. The molecule has 0 saturated heterocycles. The van der Waals surface area contributed by atoms with Gasteiger partial charge in [0.2, 0.25) is 0 Å². The van der Waals surface area contributed by atoms with Gasteiger partial charge in [0.05, 0.1) is 10.0 Å². The fourth-order valence-corrected chi connectivity index (χ4v) is 2.28. The van der Waals surface area contributed by atoms with Crippen LogP contribution in [0.5, 0.6) is 0 Å². The first-order chi connectivity index (χ1) is 7.06. The first kappa shape index (κ1) is 13.2. The molecule has 84 valence electrons. The summed E-state index contributed by atoms with van der Waals surface area (Å²) in [5.41, 5.74) is 1.09. The Bertz CT molecular complexity index is 321. The molecule has 0 aliphatic heterocycles. The Kier molecular flexibility index (Phi) is 5.25. The Labute approximate surface area is 107 Å². The van der Waals surface area contributed by atoms with E-state index in [1.807, 2.05) is 19.1 Å². The molecule has 0 heterocycles. The molecule has 0 spiro atoms. The molecule has 0 saturated carbocycles. The topological polar surface area (TPSA) is 0 Å². The zero-order valence-corrected chi connectivity index (χ0v) is 11.2. The van der Waals surface area contributed by atoms with Gasteiger partial charge in [0.15, 0.2) is 0 Å². The largest absolute Gasteiger partial charge is 0.123 e.